The lowest BCUT2D eigenvalue weighted by atomic mass is 10.1. The van der Waals surface area contributed by atoms with Gasteiger partial charge in [-0.2, -0.15) is 5.10 Å². The largest absolute Gasteiger partial charge is 0.494 e. The number of aromatic nitrogens is 7. The van der Waals surface area contributed by atoms with Crippen LogP contribution in [0.3, 0.4) is 0 Å². The molecule has 1 aliphatic heterocycles. The van der Waals surface area contributed by atoms with E-state index in [0.717, 1.165) is 36.2 Å². The molecule has 4 aromatic rings. The van der Waals surface area contributed by atoms with Crippen LogP contribution in [0.25, 0.3) is 17.1 Å². The molecule has 4 heterocycles. The lowest BCUT2D eigenvalue weighted by Gasteiger charge is -2.22. The van der Waals surface area contributed by atoms with Crippen molar-refractivity contribution in [2.75, 3.05) is 26.1 Å². The second kappa shape index (κ2) is 10.8. The van der Waals surface area contributed by atoms with Crippen LogP contribution in [0.1, 0.15) is 36.5 Å². The highest BCUT2D eigenvalue weighted by Crippen LogP contribution is 2.40. The minimum Gasteiger partial charge on any atom is -0.494 e. The number of aryl methyl sites for hydroxylation is 2. The van der Waals surface area contributed by atoms with Gasteiger partial charge in [0.1, 0.15) is 23.3 Å². The van der Waals surface area contributed by atoms with Crippen molar-refractivity contribution in [1.82, 2.24) is 34.5 Å². The van der Waals surface area contributed by atoms with Crippen molar-refractivity contribution in [3.63, 3.8) is 0 Å². The summed E-state index contributed by atoms with van der Waals surface area (Å²) in [6.45, 7) is 4.91. The molecule has 3 aromatic heterocycles. The first-order chi connectivity index (χ1) is 18.0. The van der Waals surface area contributed by atoms with Gasteiger partial charge in [0.25, 0.3) is 0 Å². The van der Waals surface area contributed by atoms with Crippen LogP contribution in [0.2, 0.25) is 0 Å². The van der Waals surface area contributed by atoms with Crippen LogP contribution in [-0.4, -0.2) is 61.1 Å². The van der Waals surface area contributed by atoms with E-state index in [0.29, 0.717) is 34.8 Å². The highest BCUT2D eigenvalue weighted by atomic mass is 32.2. The highest BCUT2D eigenvalue weighted by Gasteiger charge is 2.28. The van der Waals surface area contributed by atoms with E-state index in [-0.39, 0.29) is 11.4 Å². The number of rotatable bonds is 10. The number of hydrogen-bond donors (Lipinski definition) is 1. The van der Waals surface area contributed by atoms with Crippen molar-refractivity contribution in [2.24, 2.45) is 0 Å². The molecule has 0 aliphatic carbocycles. The molecule has 0 saturated carbocycles. The maximum absolute atomic E-state index is 5.75. The van der Waals surface area contributed by atoms with E-state index < -0.39 is 0 Å². The summed E-state index contributed by atoms with van der Waals surface area (Å²) in [6, 6.07) is 5.66. The van der Waals surface area contributed by atoms with Gasteiger partial charge >= 0.3 is 0 Å². The van der Waals surface area contributed by atoms with Crippen LogP contribution >= 0.6 is 11.9 Å². The van der Waals surface area contributed by atoms with Gasteiger partial charge in [0, 0.05) is 31.7 Å². The van der Waals surface area contributed by atoms with Gasteiger partial charge in [-0.05, 0) is 56.3 Å². The molecular weight excluding hydrogens is 492 g/mol. The zero-order valence-corrected chi connectivity index (χ0v) is 22.3. The van der Waals surface area contributed by atoms with E-state index in [1.807, 2.05) is 47.5 Å². The molecule has 0 bridgehead atoms. The SMILES string of the molecule is COc1cccc(OC)c1-n1c(NSC(C)C(OC)c2ncc(C)cn2)nnc1-c1cnn2c1CCC2. The smallest absolute Gasteiger partial charge is 0.239 e. The van der Waals surface area contributed by atoms with Gasteiger partial charge in [0.2, 0.25) is 5.95 Å². The number of methoxy groups -OCH3 is 3. The summed E-state index contributed by atoms with van der Waals surface area (Å²) in [5.41, 5.74) is 3.78. The Morgan fingerprint density at radius 3 is 2.43 bits per heavy atom. The third-order valence-electron chi connectivity index (χ3n) is 6.33. The molecule has 2 atom stereocenters. The maximum atomic E-state index is 5.75. The monoisotopic (exact) mass is 522 g/mol. The minimum atomic E-state index is -0.325. The van der Waals surface area contributed by atoms with E-state index in [4.69, 9.17) is 14.2 Å². The van der Waals surface area contributed by atoms with Crippen LogP contribution in [0, 0.1) is 6.92 Å². The van der Waals surface area contributed by atoms with E-state index in [2.05, 4.69) is 30.0 Å². The minimum absolute atomic E-state index is 0.0544. The second-order valence-electron chi connectivity index (χ2n) is 8.73. The van der Waals surface area contributed by atoms with E-state index in [9.17, 15) is 0 Å². The molecule has 37 heavy (non-hydrogen) atoms. The number of para-hydroxylation sites is 1. The summed E-state index contributed by atoms with van der Waals surface area (Å²) in [6.07, 6.45) is 7.10. The molecular formula is C25H30N8O3S. The summed E-state index contributed by atoms with van der Waals surface area (Å²) in [5.74, 6) is 3.07. The fourth-order valence-electron chi connectivity index (χ4n) is 4.50. The quantitative estimate of drug-likeness (QED) is 0.306. The molecule has 0 radical (unpaired) electrons. The molecule has 0 spiro atoms. The van der Waals surface area contributed by atoms with Gasteiger partial charge in [-0.25, -0.2) is 9.97 Å². The molecule has 0 fully saturated rings. The van der Waals surface area contributed by atoms with Crippen molar-refractivity contribution in [2.45, 2.75) is 44.6 Å². The molecule has 0 amide bonds. The average molecular weight is 523 g/mol. The molecule has 1 aromatic carbocycles. The first-order valence-corrected chi connectivity index (χ1v) is 12.9. The lowest BCUT2D eigenvalue weighted by molar-refractivity contribution is 0.0972. The van der Waals surface area contributed by atoms with E-state index in [1.165, 1.54) is 11.9 Å². The van der Waals surface area contributed by atoms with Crippen LogP contribution in [0.5, 0.6) is 11.5 Å². The zero-order valence-electron chi connectivity index (χ0n) is 21.5. The van der Waals surface area contributed by atoms with Crippen molar-refractivity contribution < 1.29 is 14.2 Å². The molecule has 0 saturated heterocycles. The molecule has 5 rings (SSSR count). The van der Waals surface area contributed by atoms with Gasteiger partial charge in [0.15, 0.2) is 11.6 Å². The molecule has 2 unspecified atom stereocenters. The topological polar surface area (TPSA) is 114 Å². The first-order valence-electron chi connectivity index (χ1n) is 12.0. The van der Waals surface area contributed by atoms with Gasteiger partial charge < -0.3 is 14.2 Å². The number of fused-ring (bicyclic) bond motifs is 1. The summed E-state index contributed by atoms with van der Waals surface area (Å²) in [5, 5.41) is 13.6. The van der Waals surface area contributed by atoms with Crippen LogP contribution in [-0.2, 0) is 17.7 Å². The Kier molecular flexibility index (Phi) is 7.28. The van der Waals surface area contributed by atoms with Gasteiger partial charge in [0.05, 0.1) is 31.2 Å². The molecule has 1 aliphatic rings. The Balaban J connectivity index is 1.53. The fraction of sp³-hybridized carbons (Fsp3) is 0.400. The Morgan fingerprint density at radius 1 is 1.03 bits per heavy atom. The number of anilines is 1. The van der Waals surface area contributed by atoms with Crippen LogP contribution in [0.15, 0.2) is 36.8 Å². The predicted octanol–water partition coefficient (Wildman–Crippen LogP) is 4.03. The van der Waals surface area contributed by atoms with Crippen molar-refractivity contribution in [1.29, 1.82) is 0 Å². The van der Waals surface area contributed by atoms with Gasteiger partial charge in [-0.15, -0.1) is 10.2 Å². The molecule has 194 valence electrons. The predicted molar refractivity (Wildman–Crippen MR) is 141 cm³/mol. The van der Waals surface area contributed by atoms with E-state index >= 15 is 0 Å². The molecule has 11 nitrogen and oxygen atoms in total. The van der Waals surface area contributed by atoms with Crippen LogP contribution in [0.4, 0.5) is 5.95 Å². The maximum Gasteiger partial charge on any atom is 0.239 e. The molecule has 1 N–H and O–H groups in total. The van der Waals surface area contributed by atoms with Crippen molar-refractivity contribution >= 4 is 17.9 Å². The van der Waals surface area contributed by atoms with E-state index in [1.54, 1.807) is 33.7 Å². The van der Waals surface area contributed by atoms with Crippen molar-refractivity contribution in [3.05, 3.63) is 53.9 Å². The third-order valence-corrected chi connectivity index (χ3v) is 7.25. The fourth-order valence-corrected chi connectivity index (χ4v) is 5.28. The standard InChI is InChI=1S/C25H30N8O3S/c1-15-12-26-23(27-13-15)22(36-5)16(2)37-31-25-30-29-24(17-14-28-32-11-7-8-18(17)32)33(25)21-19(34-3)9-6-10-20(21)35-4/h6,9-10,12-14,16,22H,7-8,11H2,1-5H3,(H,30,31). The summed E-state index contributed by atoms with van der Waals surface area (Å²) >= 11 is 1.45. The average Bonchev–Trinajstić information content (AvgIpc) is 3.64. The third kappa shape index (κ3) is 4.74. The summed E-state index contributed by atoms with van der Waals surface area (Å²) < 4.78 is 24.6. The molecule has 12 heteroatoms. The normalized spacial score (nSPS) is 14.3. The number of nitrogens with zero attached hydrogens (tertiary/aromatic N) is 7. The Labute approximate surface area is 219 Å². The number of benzene rings is 1. The zero-order chi connectivity index (χ0) is 25.9. The Hall–Kier alpha value is -3.64. The second-order valence-corrected chi connectivity index (χ2v) is 9.91. The van der Waals surface area contributed by atoms with Crippen LogP contribution < -0.4 is 14.2 Å². The number of ether oxygens (including phenoxy) is 3. The summed E-state index contributed by atoms with van der Waals surface area (Å²) in [7, 11) is 4.93. The first kappa shape index (κ1) is 25.0. The van der Waals surface area contributed by atoms with Crippen molar-refractivity contribution in [3.8, 4) is 28.6 Å². The van der Waals surface area contributed by atoms with Gasteiger partial charge in [-0.3, -0.25) is 14.0 Å². The number of nitrogens with one attached hydrogen (secondary N) is 1. The summed E-state index contributed by atoms with van der Waals surface area (Å²) in [4.78, 5) is 8.91. The Bertz CT molecular complexity index is 1350. The number of hydrogen-bond acceptors (Lipinski definition) is 10. The lowest BCUT2D eigenvalue weighted by Crippen LogP contribution is -2.19. The Morgan fingerprint density at radius 2 is 1.76 bits per heavy atom. The van der Waals surface area contributed by atoms with Gasteiger partial charge in [-0.1, -0.05) is 6.07 Å². The highest BCUT2D eigenvalue weighted by molar-refractivity contribution is 8.01.